The maximum atomic E-state index is 12.5. The molecule has 1 aliphatic rings. The topological polar surface area (TPSA) is 12.0 Å². The Morgan fingerprint density at radius 1 is 1.31 bits per heavy atom. The van der Waals surface area contributed by atoms with Crippen LogP contribution in [0.3, 0.4) is 0 Å². The third kappa shape index (κ3) is 9.81. The van der Waals surface area contributed by atoms with E-state index < -0.39 is 6.17 Å². The molecule has 1 N–H and O–H groups in total. The minimum Gasteiger partial charge on any atom is -0.314 e. The lowest BCUT2D eigenvalue weighted by Crippen LogP contribution is -2.36. The average Bonchev–Trinajstić information content (AvgIpc) is 2.15. The highest BCUT2D eigenvalue weighted by atomic mass is 19.1. The molecule has 0 bridgehead atoms. The van der Waals surface area contributed by atoms with Gasteiger partial charge in [0.05, 0.1) is 0 Å². The monoisotopic (exact) mass is 191 g/mol. The second-order valence-corrected chi connectivity index (χ2v) is 3.19. The van der Waals surface area contributed by atoms with Gasteiger partial charge in [0.2, 0.25) is 0 Å². The average molecular weight is 191 g/mol. The summed E-state index contributed by atoms with van der Waals surface area (Å²) in [4.78, 5) is 0. The van der Waals surface area contributed by atoms with E-state index >= 15 is 0 Å². The first kappa shape index (κ1) is 15.4. The van der Waals surface area contributed by atoms with Crippen LogP contribution in [0.4, 0.5) is 4.39 Å². The minimum absolute atomic E-state index is 0.274. The summed E-state index contributed by atoms with van der Waals surface area (Å²) in [5.74, 6) is 0.274. The molecule has 1 fully saturated rings. The number of hydrogen-bond acceptors (Lipinski definition) is 1. The predicted octanol–water partition coefficient (Wildman–Crippen LogP) is 3.40. The molecule has 0 aromatic rings. The van der Waals surface area contributed by atoms with Gasteiger partial charge in [-0.05, 0) is 18.9 Å². The fraction of sp³-hybridized carbons (Fsp3) is 1.00. The van der Waals surface area contributed by atoms with E-state index in [9.17, 15) is 4.39 Å². The second-order valence-electron chi connectivity index (χ2n) is 3.19. The van der Waals surface area contributed by atoms with E-state index in [0.717, 1.165) is 13.0 Å². The van der Waals surface area contributed by atoms with Crippen LogP contribution in [0.5, 0.6) is 0 Å². The number of nitrogens with one attached hydrogen (secondary N) is 1. The Kier molecular flexibility index (Phi) is 14.1. The van der Waals surface area contributed by atoms with Crippen LogP contribution >= 0.6 is 0 Å². The van der Waals surface area contributed by atoms with Crippen molar-refractivity contribution in [3.63, 3.8) is 0 Å². The molecule has 1 saturated heterocycles. The van der Waals surface area contributed by atoms with E-state index in [2.05, 4.69) is 19.2 Å². The van der Waals surface area contributed by atoms with Gasteiger partial charge in [-0.2, -0.15) is 0 Å². The summed E-state index contributed by atoms with van der Waals surface area (Å²) >= 11 is 0. The Bertz CT molecular complexity index is 76.2. The van der Waals surface area contributed by atoms with Crippen LogP contribution in [0.2, 0.25) is 0 Å². The lowest BCUT2D eigenvalue weighted by atomic mass is 9.99. The van der Waals surface area contributed by atoms with Gasteiger partial charge < -0.3 is 5.32 Å². The number of alkyl halides is 1. The summed E-state index contributed by atoms with van der Waals surface area (Å²) in [6.45, 7) is 11.8. The molecule has 2 atom stereocenters. The van der Waals surface area contributed by atoms with Crippen molar-refractivity contribution < 1.29 is 4.39 Å². The molecule has 13 heavy (non-hydrogen) atoms. The third-order valence-corrected chi connectivity index (χ3v) is 1.73. The molecule has 1 nitrogen and oxygen atoms in total. The summed E-state index contributed by atoms with van der Waals surface area (Å²) in [7, 11) is 0. The standard InChI is InChI=1S/C6H12FN.C3H8.C2H6/c1-5-2-3-8-4-6(5)7;1-3-2;1-2/h5-6,8H,2-4H2,1H3;3H2,1-2H3;1-2H3. The van der Waals surface area contributed by atoms with Gasteiger partial charge in [0, 0.05) is 6.54 Å². The number of rotatable bonds is 0. The van der Waals surface area contributed by atoms with E-state index in [4.69, 9.17) is 0 Å². The largest absolute Gasteiger partial charge is 0.314 e. The molecular formula is C11H26FN. The van der Waals surface area contributed by atoms with Crippen molar-refractivity contribution in [2.24, 2.45) is 5.92 Å². The number of hydrogen-bond donors (Lipinski definition) is 1. The molecule has 0 aliphatic carbocycles. The zero-order valence-corrected chi connectivity index (χ0v) is 9.86. The Labute approximate surface area is 83.1 Å². The molecule has 2 unspecified atom stereocenters. The van der Waals surface area contributed by atoms with Crippen LogP contribution in [0.1, 0.15) is 47.5 Å². The van der Waals surface area contributed by atoms with E-state index in [0.29, 0.717) is 6.54 Å². The van der Waals surface area contributed by atoms with Crippen LogP contribution in [-0.2, 0) is 0 Å². The lowest BCUT2D eigenvalue weighted by molar-refractivity contribution is 0.194. The van der Waals surface area contributed by atoms with Crippen molar-refractivity contribution >= 4 is 0 Å². The zero-order valence-electron chi connectivity index (χ0n) is 9.86. The van der Waals surface area contributed by atoms with Gasteiger partial charge in [-0.1, -0.05) is 41.0 Å². The maximum Gasteiger partial charge on any atom is 0.115 e. The van der Waals surface area contributed by atoms with Crippen LogP contribution in [-0.4, -0.2) is 19.3 Å². The molecule has 82 valence electrons. The fourth-order valence-corrected chi connectivity index (χ4v) is 0.952. The quantitative estimate of drug-likeness (QED) is 0.619. The first-order valence-electron chi connectivity index (χ1n) is 5.57. The molecule has 0 spiro atoms. The second kappa shape index (κ2) is 11.9. The summed E-state index contributed by atoms with van der Waals surface area (Å²) in [6.07, 6.45) is 1.63. The van der Waals surface area contributed by atoms with Gasteiger partial charge in [0.1, 0.15) is 6.17 Å². The SMILES string of the molecule is CC.CC1CCNCC1F.CCC. The van der Waals surface area contributed by atoms with Crippen LogP contribution in [0.25, 0.3) is 0 Å². The highest BCUT2D eigenvalue weighted by Crippen LogP contribution is 2.13. The molecule has 0 aromatic carbocycles. The van der Waals surface area contributed by atoms with E-state index in [-0.39, 0.29) is 5.92 Å². The predicted molar refractivity (Wildman–Crippen MR) is 58.9 cm³/mol. The van der Waals surface area contributed by atoms with Gasteiger partial charge >= 0.3 is 0 Å². The minimum atomic E-state index is -0.608. The summed E-state index contributed by atoms with van der Waals surface area (Å²) < 4.78 is 12.5. The van der Waals surface area contributed by atoms with Gasteiger partial charge in [0.25, 0.3) is 0 Å². The van der Waals surface area contributed by atoms with Crippen LogP contribution in [0.15, 0.2) is 0 Å². The molecule has 0 radical (unpaired) electrons. The van der Waals surface area contributed by atoms with Crippen molar-refractivity contribution in [3.8, 4) is 0 Å². The summed E-state index contributed by atoms with van der Waals surface area (Å²) in [5, 5.41) is 2.99. The maximum absolute atomic E-state index is 12.5. The Morgan fingerprint density at radius 3 is 2.00 bits per heavy atom. The van der Waals surface area contributed by atoms with Crippen molar-refractivity contribution in [3.05, 3.63) is 0 Å². The van der Waals surface area contributed by atoms with Crippen LogP contribution < -0.4 is 5.32 Å². The number of halogens is 1. The van der Waals surface area contributed by atoms with Gasteiger partial charge in [-0.15, -0.1) is 0 Å². The first-order valence-corrected chi connectivity index (χ1v) is 5.57. The Hall–Kier alpha value is -0.110. The normalized spacial score (nSPS) is 26.3. The molecule has 0 aromatic heterocycles. The molecule has 1 heterocycles. The lowest BCUT2D eigenvalue weighted by Gasteiger charge is -2.22. The van der Waals surface area contributed by atoms with Crippen molar-refractivity contribution in [2.75, 3.05) is 13.1 Å². The smallest absolute Gasteiger partial charge is 0.115 e. The third-order valence-electron chi connectivity index (χ3n) is 1.73. The van der Waals surface area contributed by atoms with Crippen molar-refractivity contribution in [1.29, 1.82) is 0 Å². The fourth-order valence-electron chi connectivity index (χ4n) is 0.952. The van der Waals surface area contributed by atoms with E-state index in [1.807, 2.05) is 20.8 Å². The molecule has 0 saturated carbocycles. The molecule has 0 amide bonds. The molecular weight excluding hydrogens is 165 g/mol. The van der Waals surface area contributed by atoms with Crippen LogP contribution in [0, 0.1) is 5.92 Å². The van der Waals surface area contributed by atoms with Gasteiger partial charge in [-0.25, -0.2) is 4.39 Å². The van der Waals surface area contributed by atoms with Gasteiger partial charge in [-0.3, -0.25) is 0 Å². The molecule has 1 aliphatic heterocycles. The van der Waals surface area contributed by atoms with E-state index in [1.54, 1.807) is 0 Å². The van der Waals surface area contributed by atoms with Crippen molar-refractivity contribution in [2.45, 2.75) is 53.6 Å². The van der Waals surface area contributed by atoms with E-state index in [1.165, 1.54) is 6.42 Å². The molecule has 1 rings (SSSR count). The highest BCUT2D eigenvalue weighted by Gasteiger charge is 2.18. The highest BCUT2D eigenvalue weighted by molar-refractivity contribution is 4.73. The first-order chi connectivity index (χ1) is 6.22. The summed E-state index contributed by atoms with van der Waals surface area (Å²) in [5.41, 5.74) is 0. The van der Waals surface area contributed by atoms with Gasteiger partial charge in [0.15, 0.2) is 0 Å². The summed E-state index contributed by atoms with van der Waals surface area (Å²) in [6, 6.07) is 0. The zero-order chi connectivity index (χ0) is 10.7. The Balaban J connectivity index is 0. The Morgan fingerprint density at radius 2 is 1.77 bits per heavy atom. The molecule has 2 heteroatoms. The van der Waals surface area contributed by atoms with Crippen molar-refractivity contribution in [1.82, 2.24) is 5.32 Å². The number of piperidine rings is 1.